The Hall–Kier alpha value is -1.33. The van der Waals surface area contributed by atoms with Crippen LogP contribution < -0.4 is 0 Å². The zero-order valence-electron chi connectivity index (χ0n) is 10.9. The smallest absolute Gasteiger partial charge is 0.192 e. The first kappa shape index (κ1) is 17.0. The van der Waals surface area contributed by atoms with Crippen LogP contribution in [0.15, 0.2) is 29.2 Å². The van der Waals surface area contributed by atoms with E-state index in [1.807, 2.05) is 0 Å². The molecule has 0 spiro atoms. The Kier molecular flexibility index (Phi) is 3.74. The molecule has 1 unspecified atom stereocenters. The Labute approximate surface area is 121 Å². The predicted molar refractivity (Wildman–Crippen MR) is 61.0 cm³/mol. The molecule has 0 N–H and O–H groups in total. The molecule has 0 radical (unpaired) electrons. The topological polar surface area (TPSA) is 46.4 Å². The van der Waals surface area contributed by atoms with Crippen molar-refractivity contribution in [3.63, 3.8) is 0 Å². The van der Waals surface area contributed by atoms with Gasteiger partial charge in [0.15, 0.2) is 0 Å². The number of halogens is 6. The van der Waals surface area contributed by atoms with E-state index in [9.17, 15) is 34.8 Å². The van der Waals surface area contributed by atoms with E-state index >= 15 is 0 Å². The Bertz CT molecular complexity index is 651. The van der Waals surface area contributed by atoms with Gasteiger partial charge >= 0.3 is 22.5 Å². The van der Waals surface area contributed by atoms with Gasteiger partial charge in [0.05, 0.1) is 11.4 Å². The van der Waals surface area contributed by atoms with Gasteiger partial charge in [0, 0.05) is 0 Å². The lowest BCUT2D eigenvalue weighted by Crippen LogP contribution is -2.49. The summed E-state index contributed by atoms with van der Waals surface area (Å²) in [6.07, 6.45) is -11.4. The lowest BCUT2D eigenvalue weighted by atomic mass is 10.1. The molecule has 4 nitrogen and oxygen atoms in total. The van der Waals surface area contributed by atoms with Gasteiger partial charge in [-0.05, 0) is 19.1 Å². The number of alkyl halides is 6. The maximum absolute atomic E-state index is 12.6. The second-order valence-corrected chi connectivity index (χ2v) is 6.26. The van der Waals surface area contributed by atoms with Gasteiger partial charge in [-0.15, -0.1) is 5.06 Å². The van der Waals surface area contributed by atoms with Crippen LogP contribution in [0.3, 0.4) is 0 Å². The van der Waals surface area contributed by atoms with Crippen LogP contribution in [0.5, 0.6) is 0 Å². The Morgan fingerprint density at radius 2 is 1.50 bits per heavy atom. The molecule has 1 aromatic rings. The van der Waals surface area contributed by atoms with Crippen molar-refractivity contribution < 1.29 is 39.0 Å². The summed E-state index contributed by atoms with van der Waals surface area (Å²) in [5.41, 5.74) is -3.64. The molecule has 1 saturated heterocycles. The third kappa shape index (κ3) is 2.68. The van der Waals surface area contributed by atoms with Crippen molar-refractivity contribution in [1.29, 1.82) is 0 Å². The molecular weight excluding hydrogens is 340 g/mol. The van der Waals surface area contributed by atoms with Crippen molar-refractivity contribution in [3.05, 3.63) is 29.8 Å². The van der Waals surface area contributed by atoms with Gasteiger partial charge in [-0.1, -0.05) is 17.7 Å². The highest BCUT2D eigenvalue weighted by molar-refractivity contribution is 7.86. The number of nitrogens with zero attached hydrogens (tertiary/aromatic N) is 1. The van der Waals surface area contributed by atoms with Gasteiger partial charge < -0.3 is 0 Å². The van der Waals surface area contributed by atoms with Crippen LogP contribution >= 0.6 is 0 Å². The summed E-state index contributed by atoms with van der Waals surface area (Å²) in [6, 6.07) is 4.71. The summed E-state index contributed by atoms with van der Waals surface area (Å²) in [4.78, 5) is -0.539. The lowest BCUT2D eigenvalue weighted by Gasteiger charge is -2.22. The molecule has 11 heteroatoms. The third-order valence-electron chi connectivity index (χ3n) is 3.13. The summed E-state index contributed by atoms with van der Waals surface area (Å²) in [5.74, 6) is 0. The van der Waals surface area contributed by atoms with E-state index < -0.39 is 44.5 Å². The summed E-state index contributed by atoms with van der Waals surface area (Å²) in [7, 11) is -4.78. The van der Waals surface area contributed by atoms with Gasteiger partial charge in [-0.2, -0.15) is 39.0 Å². The SMILES string of the molecule is Cc1ccc(S(=O)(=O)ON2CC2(C(F)(F)F)C(F)(F)F)cc1. The zero-order chi connectivity index (χ0) is 17.0. The monoisotopic (exact) mass is 349 g/mol. The summed E-state index contributed by atoms with van der Waals surface area (Å²) in [5, 5.41) is -0.623. The Morgan fingerprint density at radius 1 is 1.05 bits per heavy atom. The molecule has 0 bridgehead atoms. The highest BCUT2D eigenvalue weighted by Gasteiger charge is 2.85. The average Bonchev–Trinajstić information content (AvgIpc) is 3.03. The van der Waals surface area contributed by atoms with Crippen LogP contribution in [0, 0.1) is 6.92 Å². The van der Waals surface area contributed by atoms with Crippen LogP contribution in [-0.4, -0.2) is 37.9 Å². The first-order valence-electron chi connectivity index (χ1n) is 5.74. The van der Waals surface area contributed by atoms with E-state index in [0.717, 1.165) is 12.1 Å². The van der Waals surface area contributed by atoms with E-state index in [-0.39, 0.29) is 0 Å². The van der Waals surface area contributed by atoms with Crippen molar-refractivity contribution >= 4 is 10.1 Å². The van der Waals surface area contributed by atoms with Crippen LogP contribution in [0.25, 0.3) is 0 Å². The molecule has 1 aliphatic heterocycles. The van der Waals surface area contributed by atoms with Gasteiger partial charge in [0.1, 0.15) is 0 Å². The van der Waals surface area contributed by atoms with Crippen LogP contribution in [0.4, 0.5) is 26.3 Å². The summed E-state index contributed by atoms with van der Waals surface area (Å²) >= 11 is 0. The highest BCUT2D eigenvalue weighted by atomic mass is 32.2. The maximum atomic E-state index is 12.6. The quantitative estimate of drug-likeness (QED) is 0.622. The first-order valence-corrected chi connectivity index (χ1v) is 7.14. The van der Waals surface area contributed by atoms with E-state index in [0.29, 0.717) is 5.56 Å². The molecule has 1 heterocycles. The van der Waals surface area contributed by atoms with Crippen molar-refractivity contribution in [2.75, 3.05) is 6.54 Å². The predicted octanol–water partition coefficient (Wildman–Crippen LogP) is 2.79. The standard InChI is InChI=1S/C11H9F6NO3S/c1-7-2-4-8(5-3-7)22(19,20)21-18-6-9(18,10(12,13)14)11(15,16)17/h2-5H,6H2,1H3. The maximum Gasteiger partial charge on any atom is 0.419 e. The summed E-state index contributed by atoms with van der Waals surface area (Å²) in [6.45, 7) is -0.00886. The number of benzene rings is 1. The largest absolute Gasteiger partial charge is 0.419 e. The molecule has 0 aromatic heterocycles. The number of rotatable bonds is 3. The van der Waals surface area contributed by atoms with E-state index in [2.05, 4.69) is 4.28 Å². The number of aryl methyl sites for hydroxylation is 1. The third-order valence-corrected chi connectivity index (χ3v) is 4.36. The normalized spacial score (nSPS) is 21.7. The van der Waals surface area contributed by atoms with Crippen LogP contribution in [-0.2, 0) is 14.4 Å². The van der Waals surface area contributed by atoms with Crippen LogP contribution in [0.2, 0.25) is 0 Å². The average molecular weight is 349 g/mol. The lowest BCUT2D eigenvalue weighted by molar-refractivity contribution is -0.294. The molecule has 1 aromatic carbocycles. The Balaban J connectivity index is 2.27. The van der Waals surface area contributed by atoms with Crippen molar-refractivity contribution in [1.82, 2.24) is 5.06 Å². The molecule has 0 amide bonds. The second kappa shape index (κ2) is 4.83. The number of hydroxylamine groups is 2. The molecule has 2 rings (SSSR count). The van der Waals surface area contributed by atoms with E-state index in [1.165, 1.54) is 12.1 Å². The van der Waals surface area contributed by atoms with Crippen molar-refractivity contribution in [2.24, 2.45) is 0 Å². The van der Waals surface area contributed by atoms with Gasteiger partial charge in [-0.3, -0.25) is 0 Å². The minimum atomic E-state index is -5.71. The second-order valence-electron chi connectivity index (χ2n) is 4.73. The molecule has 124 valence electrons. The fourth-order valence-corrected chi connectivity index (χ4v) is 2.72. The van der Waals surface area contributed by atoms with Crippen LogP contribution in [0.1, 0.15) is 5.56 Å². The minimum absolute atomic E-state index is 0.539. The number of hydrogen-bond acceptors (Lipinski definition) is 4. The molecule has 0 saturated carbocycles. The molecule has 0 aliphatic carbocycles. The van der Waals surface area contributed by atoms with Gasteiger partial charge in [-0.25, -0.2) is 0 Å². The highest BCUT2D eigenvalue weighted by Crippen LogP contribution is 2.56. The first-order chi connectivity index (χ1) is 9.81. The van der Waals surface area contributed by atoms with Crippen molar-refractivity contribution in [3.8, 4) is 0 Å². The van der Waals surface area contributed by atoms with E-state index in [1.54, 1.807) is 6.92 Å². The molecule has 1 aliphatic rings. The van der Waals surface area contributed by atoms with Crippen molar-refractivity contribution in [2.45, 2.75) is 29.7 Å². The van der Waals surface area contributed by atoms with Gasteiger partial charge in [0.2, 0.25) is 0 Å². The molecule has 1 atom stereocenters. The van der Waals surface area contributed by atoms with E-state index in [4.69, 9.17) is 0 Å². The Morgan fingerprint density at radius 3 is 1.86 bits per heavy atom. The molecule has 1 fully saturated rings. The van der Waals surface area contributed by atoms with Gasteiger partial charge in [0.25, 0.3) is 5.54 Å². The zero-order valence-corrected chi connectivity index (χ0v) is 11.7. The summed E-state index contributed by atoms with van der Waals surface area (Å²) < 4.78 is 103. The minimum Gasteiger partial charge on any atom is -0.192 e. The molecule has 22 heavy (non-hydrogen) atoms. The fraction of sp³-hybridized carbons (Fsp3) is 0.455. The number of hydrogen-bond donors (Lipinski definition) is 0. The fourth-order valence-electron chi connectivity index (χ4n) is 1.75. The molecular formula is C11H9F6NO3S.